The molecule has 3 atom stereocenters. The topological polar surface area (TPSA) is 30.5 Å². The van der Waals surface area contributed by atoms with Crippen LogP contribution >= 0.6 is 31.9 Å². The fraction of sp³-hybridized carbons (Fsp3) is 0.571. The molecule has 2 aliphatic rings. The minimum atomic E-state index is 0.426. The van der Waals surface area contributed by atoms with Crippen molar-refractivity contribution in [3.8, 4) is 5.75 Å². The minimum absolute atomic E-state index is 0.426. The molecule has 1 aromatic rings. The van der Waals surface area contributed by atoms with Crippen molar-refractivity contribution in [3.05, 3.63) is 26.6 Å². The average Bonchev–Trinajstić information content (AvgIpc) is 2.98. The highest BCUT2D eigenvalue weighted by atomic mass is 79.9. The van der Waals surface area contributed by atoms with Gasteiger partial charge in [0.1, 0.15) is 5.75 Å². The number of benzene rings is 1. The van der Waals surface area contributed by atoms with Crippen molar-refractivity contribution >= 4 is 31.9 Å². The lowest BCUT2D eigenvalue weighted by atomic mass is 9.95. The molecular formula is C14H17Br2NO2. The molecule has 104 valence electrons. The summed E-state index contributed by atoms with van der Waals surface area (Å²) in [7, 11) is 1.68. The van der Waals surface area contributed by atoms with E-state index in [2.05, 4.69) is 49.3 Å². The van der Waals surface area contributed by atoms with Gasteiger partial charge in [0.15, 0.2) is 0 Å². The largest absolute Gasteiger partial charge is 0.494 e. The molecule has 3 nitrogen and oxygen atoms in total. The minimum Gasteiger partial charge on any atom is -0.494 e. The van der Waals surface area contributed by atoms with Crippen molar-refractivity contribution in [1.29, 1.82) is 0 Å². The summed E-state index contributed by atoms with van der Waals surface area (Å²) in [5, 5.41) is 3.61. The molecule has 2 fully saturated rings. The van der Waals surface area contributed by atoms with Gasteiger partial charge in [-0.25, -0.2) is 0 Å². The predicted molar refractivity (Wildman–Crippen MR) is 81.5 cm³/mol. The van der Waals surface area contributed by atoms with E-state index in [1.807, 2.05) is 0 Å². The number of hydrogen-bond donors (Lipinski definition) is 1. The van der Waals surface area contributed by atoms with Crippen LogP contribution in [-0.2, 0) is 11.3 Å². The fourth-order valence-corrected chi connectivity index (χ4v) is 4.62. The number of fused-ring (bicyclic) bond motifs is 2. The highest BCUT2D eigenvalue weighted by Crippen LogP contribution is 2.36. The molecule has 3 rings (SSSR count). The molecule has 0 amide bonds. The van der Waals surface area contributed by atoms with Gasteiger partial charge in [-0.3, -0.25) is 0 Å². The van der Waals surface area contributed by atoms with Crippen molar-refractivity contribution in [2.45, 2.75) is 44.1 Å². The molecule has 19 heavy (non-hydrogen) atoms. The van der Waals surface area contributed by atoms with E-state index in [4.69, 9.17) is 9.47 Å². The zero-order valence-electron chi connectivity index (χ0n) is 10.8. The number of rotatable bonds is 4. The molecule has 2 aliphatic heterocycles. The summed E-state index contributed by atoms with van der Waals surface area (Å²) in [4.78, 5) is 0. The van der Waals surface area contributed by atoms with Gasteiger partial charge >= 0.3 is 0 Å². The summed E-state index contributed by atoms with van der Waals surface area (Å²) >= 11 is 7.07. The molecule has 0 aliphatic carbocycles. The van der Waals surface area contributed by atoms with Gasteiger partial charge in [0.25, 0.3) is 0 Å². The molecule has 0 radical (unpaired) electrons. The maximum absolute atomic E-state index is 5.86. The zero-order valence-corrected chi connectivity index (χ0v) is 14.0. The number of halogens is 2. The van der Waals surface area contributed by atoms with Gasteiger partial charge in [-0.2, -0.15) is 0 Å². The van der Waals surface area contributed by atoms with E-state index in [1.54, 1.807) is 7.11 Å². The van der Waals surface area contributed by atoms with Crippen LogP contribution in [0.25, 0.3) is 0 Å². The Kier molecular flexibility index (Phi) is 4.17. The monoisotopic (exact) mass is 389 g/mol. The molecule has 2 bridgehead atoms. The molecule has 0 aromatic heterocycles. The van der Waals surface area contributed by atoms with Crippen LogP contribution < -0.4 is 10.1 Å². The molecule has 5 heteroatoms. The lowest BCUT2D eigenvalue weighted by molar-refractivity contribution is 0.0973. The van der Waals surface area contributed by atoms with E-state index in [0.717, 1.165) is 27.7 Å². The van der Waals surface area contributed by atoms with E-state index in [-0.39, 0.29) is 0 Å². The van der Waals surface area contributed by atoms with Crippen molar-refractivity contribution in [2.75, 3.05) is 7.11 Å². The van der Waals surface area contributed by atoms with E-state index >= 15 is 0 Å². The van der Waals surface area contributed by atoms with Crippen LogP contribution in [0.15, 0.2) is 21.1 Å². The van der Waals surface area contributed by atoms with Gasteiger partial charge in [-0.1, -0.05) is 0 Å². The van der Waals surface area contributed by atoms with Gasteiger partial charge in [0.2, 0.25) is 0 Å². The molecule has 2 saturated heterocycles. The van der Waals surface area contributed by atoms with E-state index in [9.17, 15) is 0 Å². The standard InChI is InChI=1S/C14H17Br2NO2/c1-18-14-10(15)4-8(5-11(14)16)7-17-12-6-9-2-3-13(12)19-9/h4-5,9,12-13,17H,2-3,6-7H2,1H3. The molecule has 0 spiro atoms. The zero-order chi connectivity index (χ0) is 13.4. The van der Waals surface area contributed by atoms with Gasteiger partial charge in [0.05, 0.1) is 28.3 Å². The maximum atomic E-state index is 5.86. The number of ether oxygens (including phenoxy) is 2. The molecule has 0 saturated carbocycles. The summed E-state index contributed by atoms with van der Waals surface area (Å²) in [5.74, 6) is 0.840. The maximum Gasteiger partial charge on any atom is 0.147 e. The number of nitrogens with one attached hydrogen (secondary N) is 1. The predicted octanol–water partition coefficient (Wildman–Crippen LogP) is 3.63. The number of methoxy groups -OCH3 is 1. The third-order valence-corrected chi connectivity index (χ3v) is 5.11. The second-order valence-electron chi connectivity index (χ2n) is 5.19. The third kappa shape index (κ3) is 2.84. The molecular weight excluding hydrogens is 374 g/mol. The Morgan fingerprint density at radius 1 is 1.32 bits per heavy atom. The first-order valence-corrected chi connectivity index (χ1v) is 8.16. The molecule has 1 N–H and O–H groups in total. The Hall–Kier alpha value is -0.100. The Morgan fingerprint density at radius 2 is 2.05 bits per heavy atom. The quantitative estimate of drug-likeness (QED) is 0.851. The van der Waals surface area contributed by atoms with Crippen molar-refractivity contribution < 1.29 is 9.47 Å². The van der Waals surface area contributed by atoms with Crippen LogP contribution in [-0.4, -0.2) is 25.4 Å². The highest BCUT2D eigenvalue weighted by molar-refractivity contribution is 9.11. The SMILES string of the molecule is COc1c(Br)cc(CNC2CC3CCC2O3)cc1Br. The molecule has 3 unspecified atom stereocenters. The number of hydrogen-bond acceptors (Lipinski definition) is 3. The third-order valence-electron chi connectivity index (χ3n) is 3.94. The van der Waals surface area contributed by atoms with Crippen LogP contribution in [0.3, 0.4) is 0 Å². The lowest BCUT2D eigenvalue weighted by Crippen LogP contribution is -2.36. The van der Waals surface area contributed by atoms with Crippen molar-refractivity contribution in [1.82, 2.24) is 5.32 Å². The smallest absolute Gasteiger partial charge is 0.147 e. The fourth-order valence-electron chi connectivity index (χ4n) is 3.01. The molecule has 1 aromatic carbocycles. The van der Waals surface area contributed by atoms with Crippen molar-refractivity contribution in [2.24, 2.45) is 0 Å². The van der Waals surface area contributed by atoms with Gasteiger partial charge < -0.3 is 14.8 Å². The summed E-state index contributed by atoms with van der Waals surface area (Å²) in [5.41, 5.74) is 1.24. The second-order valence-corrected chi connectivity index (χ2v) is 6.90. The lowest BCUT2D eigenvalue weighted by Gasteiger charge is -2.20. The van der Waals surface area contributed by atoms with Gasteiger partial charge in [-0.15, -0.1) is 0 Å². The van der Waals surface area contributed by atoms with Crippen LogP contribution in [0.1, 0.15) is 24.8 Å². The van der Waals surface area contributed by atoms with E-state index in [1.165, 1.54) is 18.4 Å². The van der Waals surface area contributed by atoms with Crippen LogP contribution in [0.4, 0.5) is 0 Å². The normalized spacial score (nSPS) is 28.9. The Balaban J connectivity index is 1.64. The van der Waals surface area contributed by atoms with Gasteiger partial charge in [-0.05, 0) is 68.8 Å². The summed E-state index contributed by atoms with van der Waals surface area (Å²) in [6, 6.07) is 4.72. The summed E-state index contributed by atoms with van der Waals surface area (Å²) in [6.07, 6.45) is 4.52. The first-order valence-electron chi connectivity index (χ1n) is 6.58. The van der Waals surface area contributed by atoms with Crippen molar-refractivity contribution in [3.63, 3.8) is 0 Å². The summed E-state index contributed by atoms with van der Waals surface area (Å²) < 4.78 is 13.1. The van der Waals surface area contributed by atoms with E-state index in [0.29, 0.717) is 18.2 Å². The molecule has 2 heterocycles. The first kappa shape index (κ1) is 13.9. The second kappa shape index (κ2) is 5.72. The Bertz CT molecular complexity index is 458. The Morgan fingerprint density at radius 3 is 2.58 bits per heavy atom. The first-order chi connectivity index (χ1) is 9.17. The van der Waals surface area contributed by atoms with Crippen LogP contribution in [0.2, 0.25) is 0 Å². The highest BCUT2D eigenvalue weighted by Gasteiger charge is 2.40. The van der Waals surface area contributed by atoms with Crippen LogP contribution in [0, 0.1) is 0 Å². The van der Waals surface area contributed by atoms with E-state index < -0.39 is 0 Å². The average molecular weight is 391 g/mol. The van der Waals surface area contributed by atoms with Gasteiger partial charge in [0, 0.05) is 12.6 Å². The summed E-state index contributed by atoms with van der Waals surface area (Å²) in [6.45, 7) is 0.860. The Labute approximate surface area is 130 Å². The van der Waals surface area contributed by atoms with Crippen LogP contribution in [0.5, 0.6) is 5.75 Å².